The Kier molecular flexibility index (Phi) is 5.43. The van der Waals surface area contributed by atoms with E-state index < -0.39 is 6.04 Å². The highest BCUT2D eigenvalue weighted by Crippen LogP contribution is 2.36. The molecule has 1 aliphatic rings. The summed E-state index contributed by atoms with van der Waals surface area (Å²) < 4.78 is 13.4. The number of hydrogen-bond acceptors (Lipinski definition) is 3. The molecule has 0 aromatic heterocycles. The van der Waals surface area contributed by atoms with Gasteiger partial charge in [-0.25, -0.2) is 4.39 Å². The third-order valence-corrected chi connectivity index (χ3v) is 4.66. The van der Waals surface area contributed by atoms with Crippen LogP contribution in [0.3, 0.4) is 0 Å². The highest BCUT2D eigenvalue weighted by molar-refractivity contribution is 7.99. The molecule has 0 saturated carbocycles. The topological polar surface area (TPSA) is 55.1 Å². The van der Waals surface area contributed by atoms with Crippen molar-refractivity contribution in [3.8, 4) is 0 Å². The summed E-state index contributed by atoms with van der Waals surface area (Å²) in [6.45, 7) is 2.07. The summed E-state index contributed by atoms with van der Waals surface area (Å²) in [7, 11) is 0. The van der Waals surface area contributed by atoms with Crippen LogP contribution >= 0.6 is 11.8 Å². The van der Waals surface area contributed by atoms with E-state index in [0.717, 1.165) is 35.5 Å². The molecule has 2 unspecified atom stereocenters. The summed E-state index contributed by atoms with van der Waals surface area (Å²) in [6, 6.07) is 4.17. The number of thioether (sulfide) groups is 1. The monoisotopic (exact) mass is 296 g/mol. The average molecular weight is 296 g/mol. The van der Waals surface area contributed by atoms with Crippen LogP contribution in [0.2, 0.25) is 0 Å². The standard InChI is InChI=1S/C15H21FN2OS/c1-2-3-4-12(17)15(19)18-13-7-8-20-14-6-5-10(16)9-11(13)14/h5-6,9,12-13H,2-4,7-8,17H2,1H3,(H,18,19). The number of hydrogen-bond donors (Lipinski definition) is 2. The molecule has 1 aliphatic heterocycles. The van der Waals surface area contributed by atoms with Crippen molar-refractivity contribution in [2.45, 2.75) is 49.6 Å². The molecule has 0 spiro atoms. The van der Waals surface area contributed by atoms with Gasteiger partial charge in [0.05, 0.1) is 12.1 Å². The Morgan fingerprint density at radius 2 is 2.40 bits per heavy atom. The lowest BCUT2D eigenvalue weighted by Gasteiger charge is -2.27. The van der Waals surface area contributed by atoms with Gasteiger partial charge in [-0.1, -0.05) is 19.8 Å². The molecule has 0 fully saturated rings. The maximum atomic E-state index is 13.4. The largest absolute Gasteiger partial charge is 0.348 e. The van der Waals surface area contributed by atoms with E-state index in [0.29, 0.717) is 6.42 Å². The van der Waals surface area contributed by atoms with Crippen LogP contribution < -0.4 is 11.1 Å². The first-order valence-corrected chi connectivity index (χ1v) is 8.08. The van der Waals surface area contributed by atoms with E-state index in [-0.39, 0.29) is 17.8 Å². The molecule has 1 heterocycles. The van der Waals surface area contributed by atoms with Gasteiger partial charge in [0, 0.05) is 10.6 Å². The summed E-state index contributed by atoms with van der Waals surface area (Å²) in [5.74, 6) is 0.527. The van der Waals surface area contributed by atoms with Gasteiger partial charge in [-0.3, -0.25) is 4.79 Å². The van der Waals surface area contributed by atoms with Crippen LogP contribution in [-0.2, 0) is 4.79 Å². The molecule has 0 radical (unpaired) electrons. The van der Waals surface area contributed by atoms with Gasteiger partial charge in [0.1, 0.15) is 5.82 Å². The zero-order valence-electron chi connectivity index (χ0n) is 11.7. The lowest BCUT2D eigenvalue weighted by Crippen LogP contribution is -2.42. The van der Waals surface area contributed by atoms with Crippen molar-refractivity contribution in [1.82, 2.24) is 5.32 Å². The fraction of sp³-hybridized carbons (Fsp3) is 0.533. The Morgan fingerprint density at radius 1 is 1.60 bits per heavy atom. The fourth-order valence-corrected chi connectivity index (χ4v) is 3.45. The summed E-state index contributed by atoms with van der Waals surface area (Å²) in [5.41, 5.74) is 6.75. The van der Waals surface area contributed by atoms with E-state index in [9.17, 15) is 9.18 Å². The Balaban J connectivity index is 2.04. The lowest BCUT2D eigenvalue weighted by atomic mass is 10.0. The van der Waals surface area contributed by atoms with Crippen molar-refractivity contribution in [2.24, 2.45) is 5.73 Å². The summed E-state index contributed by atoms with van der Waals surface area (Å²) in [6.07, 6.45) is 3.47. The van der Waals surface area contributed by atoms with Gasteiger partial charge in [0.15, 0.2) is 0 Å². The van der Waals surface area contributed by atoms with Crippen molar-refractivity contribution >= 4 is 17.7 Å². The number of benzene rings is 1. The second-order valence-corrected chi connectivity index (χ2v) is 6.27. The molecular formula is C15H21FN2OS. The first kappa shape index (κ1) is 15.3. The van der Waals surface area contributed by atoms with Crippen LogP contribution in [0.1, 0.15) is 44.2 Å². The SMILES string of the molecule is CCCCC(N)C(=O)NC1CCSc2ccc(F)cc21. The highest BCUT2D eigenvalue weighted by atomic mass is 32.2. The first-order chi connectivity index (χ1) is 9.61. The number of halogens is 1. The predicted molar refractivity (Wildman–Crippen MR) is 80.1 cm³/mol. The number of nitrogens with one attached hydrogen (secondary N) is 1. The molecule has 0 aliphatic carbocycles. The number of amides is 1. The smallest absolute Gasteiger partial charge is 0.237 e. The maximum Gasteiger partial charge on any atom is 0.237 e. The van der Waals surface area contributed by atoms with Crippen LogP contribution in [0.15, 0.2) is 23.1 Å². The van der Waals surface area contributed by atoms with Crippen LogP contribution in [0.5, 0.6) is 0 Å². The number of carbonyl (C=O) groups is 1. The average Bonchev–Trinajstić information content (AvgIpc) is 2.45. The Hall–Kier alpha value is -1.07. The van der Waals surface area contributed by atoms with E-state index in [2.05, 4.69) is 12.2 Å². The Labute approximate surface area is 123 Å². The van der Waals surface area contributed by atoms with Gasteiger partial charge in [0.25, 0.3) is 0 Å². The Morgan fingerprint density at radius 3 is 3.15 bits per heavy atom. The third-order valence-electron chi connectivity index (χ3n) is 3.53. The van der Waals surface area contributed by atoms with Gasteiger partial charge >= 0.3 is 0 Å². The number of carbonyl (C=O) groups excluding carboxylic acids is 1. The lowest BCUT2D eigenvalue weighted by molar-refractivity contribution is -0.123. The Bertz CT molecular complexity index is 481. The molecule has 1 aromatic rings. The molecule has 2 atom stereocenters. The quantitative estimate of drug-likeness (QED) is 0.878. The molecule has 5 heteroatoms. The summed E-state index contributed by atoms with van der Waals surface area (Å²) in [5, 5.41) is 2.97. The van der Waals surface area contributed by atoms with Crippen LogP contribution in [0.4, 0.5) is 4.39 Å². The van der Waals surface area contributed by atoms with E-state index in [4.69, 9.17) is 5.73 Å². The van der Waals surface area contributed by atoms with Gasteiger partial charge in [-0.2, -0.15) is 0 Å². The van der Waals surface area contributed by atoms with Crippen molar-refractivity contribution in [3.05, 3.63) is 29.6 Å². The number of nitrogens with two attached hydrogens (primary N) is 1. The first-order valence-electron chi connectivity index (χ1n) is 7.10. The maximum absolute atomic E-state index is 13.4. The van der Waals surface area contributed by atoms with Crippen molar-refractivity contribution in [2.75, 3.05) is 5.75 Å². The minimum absolute atomic E-state index is 0.123. The van der Waals surface area contributed by atoms with Gasteiger partial charge in [-0.15, -0.1) is 11.8 Å². The molecule has 3 N–H and O–H groups in total. The van der Waals surface area contributed by atoms with Crippen molar-refractivity contribution in [1.29, 1.82) is 0 Å². The zero-order chi connectivity index (χ0) is 14.5. The molecule has 3 nitrogen and oxygen atoms in total. The molecule has 20 heavy (non-hydrogen) atoms. The van der Waals surface area contributed by atoms with Crippen LogP contribution in [0, 0.1) is 5.82 Å². The van der Waals surface area contributed by atoms with Crippen LogP contribution in [0.25, 0.3) is 0 Å². The second kappa shape index (κ2) is 7.09. The van der Waals surface area contributed by atoms with Crippen molar-refractivity contribution < 1.29 is 9.18 Å². The van der Waals surface area contributed by atoms with Crippen molar-refractivity contribution in [3.63, 3.8) is 0 Å². The fourth-order valence-electron chi connectivity index (χ4n) is 2.35. The second-order valence-electron chi connectivity index (χ2n) is 5.13. The predicted octanol–water partition coefficient (Wildman–Crippen LogP) is 3.00. The normalized spacial score (nSPS) is 19.2. The van der Waals surface area contributed by atoms with E-state index in [1.54, 1.807) is 17.8 Å². The summed E-state index contributed by atoms with van der Waals surface area (Å²) >= 11 is 1.70. The number of fused-ring (bicyclic) bond motifs is 1. The van der Waals surface area contributed by atoms with E-state index in [1.165, 1.54) is 12.1 Å². The molecule has 0 bridgehead atoms. The van der Waals surface area contributed by atoms with Gasteiger partial charge in [0.2, 0.25) is 5.91 Å². The molecule has 0 saturated heterocycles. The van der Waals surface area contributed by atoms with Gasteiger partial charge < -0.3 is 11.1 Å². The van der Waals surface area contributed by atoms with Gasteiger partial charge in [-0.05, 0) is 36.6 Å². The van der Waals surface area contributed by atoms with E-state index in [1.807, 2.05) is 0 Å². The molecule has 110 valence electrons. The molecular weight excluding hydrogens is 275 g/mol. The third kappa shape index (κ3) is 3.73. The molecule has 1 aromatic carbocycles. The highest BCUT2D eigenvalue weighted by Gasteiger charge is 2.24. The van der Waals surface area contributed by atoms with E-state index >= 15 is 0 Å². The minimum Gasteiger partial charge on any atom is -0.348 e. The number of rotatable bonds is 5. The number of unbranched alkanes of at least 4 members (excludes halogenated alkanes) is 1. The minimum atomic E-state index is -0.471. The zero-order valence-corrected chi connectivity index (χ0v) is 12.5. The molecule has 2 rings (SSSR count). The summed E-state index contributed by atoms with van der Waals surface area (Å²) in [4.78, 5) is 13.1. The van der Waals surface area contributed by atoms with Crippen LogP contribution in [-0.4, -0.2) is 17.7 Å². The molecule has 1 amide bonds.